The van der Waals surface area contributed by atoms with Crippen LogP contribution in [0.2, 0.25) is 0 Å². The first-order valence-electron chi connectivity index (χ1n) is 9.47. The number of nitrogens with one attached hydrogen (secondary N) is 1. The third-order valence-electron chi connectivity index (χ3n) is 4.62. The average Bonchev–Trinajstić information content (AvgIpc) is 2.78. The van der Waals surface area contributed by atoms with E-state index in [2.05, 4.69) is 10.5 Å². The highest BCUT2D eigenvalue weighted by Crippen LogP contribution is 2.29. The second kappa shape index (κ2) is 9.17. The highest BCUT2D eigenvalue weighted by atomic mass is 16.5. The number of hydrogen-bond acceptors (Lipinski definition) is 4. The quantitative estimate of drug-likeness (QED) is 0.477. The normalized spacial score (nSPS) is 11.8. The molecule has 5 heteroatoms. The lowest BCUT2D eigenvalue weighted by molar-refractivity contribution is -0.136. The van der Waals surface area contributed by atoms with Gasteiger partial charge in [-0.25, -0.2) is 5.43 Å². The molecule has 0 aliphatic carbocycles. The topological polar surface area (TPSA) is 70.9 Å². The molecule has 0 atom stereocenters. The fourth-order valence-corrected chi connectivity index (χ4v) is 3.03. The van der Waals surface area contributed by atoms with Gasteiger partial charge in [0, 0.05) is 0 Å². The van der Waals surface area contributed by atoms with Crippen LogP contribution in [0.3, 0.4) is 0 Å². The van der Waals surface area contributed by atoms with E-state index in [9.17, 15) is 9.90 Å². The predicted octanol–water partition coefficient (Wildman–Crippen LogP) is 3.86. The van der Waals surface area contributed by atoms with Gasteiger partial charge in [0.05, 0.1) is 12.3 Å². The second-order valence-electron chi connectivity index (χ2n) is 6.54. The molecule has 0 radical (unpaired) electrons. The lowest BCUT2D eigenvalue weighted by Gasteiger charge is -2.27. The van der Waals surface area contributed by atoms with Gasteiger partial charge in [0.1, 0.15) is 5.75 Å². The van der Waals surface area contributed by atoms with E-state index >= 15 is 0 Å². The van der Waals surface area contributed by atoms with Gasteiger partial charge in [-0.15, -0.1) is 0 Å². The van der Waals surface area contributed by atoms with E-state index in [1.165, 1.54) is 0 Å². The number of aliphatic hydroxyl groups is 1. The number of carbonyl (C=O) groups is 1. The molecule has 0 unspecified atom stereocenters. The molecule has 3 aromatic rings. The summed E-state index contributed by atoms with van der Waals surface area (Å²) in [5, 5.41) is 15.6. The minimum Gasteiger partial charge on any atom is -0.494 e. The zero-order valence-corrected chi connectivity index (χ0v) is 16.5. The highest BCUT2D eigenvalue weighted by Gasteiger charge is 2.39. The molecule has 3 aromatic carbocycles. The predicted molar refractivity (Wildman–Crippen MR) is 114 cm³/mol. The van der Waals surface area contributed by atoms with Crippen LogP contribution in [0.1, 0.15) is 30.5 Å². The van der Waals surface area contributed by atoms with Crippen LogP contribution < -0.4 is 10.2 Å². The van der Waals surface area contributed by atoms with Crippen molar-refractivity contribution >= 4 is 11.6 Å². The number of rotatable bonds is 7. The first kappa shape index (κ1) is 20.3. The highest BCUT2D eigenvalue weighted by molar-refractivity contribution is 6.00. The van der Waals surface area contributed by atoms with Gasteiger partial charge in [0.15, 0.2) is 5.60 Å². The summed E-state index contributed by atoms with van der Waals surface area (Å²) in [5.41, 5.74) is 3.07. The van der Waals surface area contributed by atoms with Gasteiger partial charge in [-0.3, -0.25) is 4.79 Å². The van der Waals surface area contributed by atoms with Crippen molar-refractivity contribution in [2.45, 2.75) is 19.4 Å². The Labute approximate surface area is 170 Å². The summed E-state index contributed by atoms with van der Waals surface area (Å²) in [6.45, 7) is 4.32. The number of hydrazone groups is 1. The SMILES string of the molecule is CCOc1ccc(/C(C)=N/NC(=O)C(O)(c2ccccc2)c2ccccc2)cc1. The third kappa shape index (κ3) is 4.52. The summed E-state index contributed by atoms with van der Waals surface area (Å²) < 4.78 is 5.44. The largest absolute Gasteiger partial charge is 0.494 e. The van der Waals surface area contributed by atoms with Gasteiger partial charge in [-0.2, -0.15) is 5.10 Å². The molecule has 0 saturated carbocycles. The molecule has 1 amide bonds. The van der Waals surface area contributed by atoms with Crippen LogP contribution >= 0.6 is 0 Å². The molecule has 0 spiro atoms. The van der Waals surface area contributed by atoms with Crippen LogP contribution in [0.15, 0.2) is 90.0 Å². The monoisotopic (exact) mass is 388 g/mol. The molecule has 0 heterocycles. The Morgan fingerprint density at radius 2 is 1.45 bits per heavy atom. The molecule has 0 aromatic heterocycles. The Balaban J connectivity index is 1.86. The van der Waals surface area contributed by atoms with Crippen molar-refractivity contribution in [1.82, 2.24) is 5.43 Å². The number of nitrogens with zero attached hydrogens (tertiary/aromatic N) is 1. The standard InChI is InChI=1S/C24H24N2O3/c1-3-29-22-16-14-19(15-17-22)18(2)25-26-23(27)24(28,20-10-6-4-7-11-20)21-12-8-5-9-13-21/h4-17,28H,3H2,1-2H3,(H,26,27)/b25-18+. The molecule has 2 N–H and O–H groups in total. The Hall–Kier alpha value is -3.44. The fourth-order valence-electron chi connectivity index (χ4n) is 3.03. The maximum Gasteiger partial charge on any atom is 0.281 e. The number of amides is 1. The zero-order chi connectivity index (χ0) is 20.7. The summed E-state index contributed by atoms with van der Waals surface area (Å²) in [7, 11) is 0. The molecule has 29 heavy (non-hydrogen) atoms. The van der Waals surface area contributed by atoms with Gasteiger partial charge in [-0.05, 0) is 54.8 Å². The maximum atomic E-state index is 13.1. The van der Waals surface area contributed by atoms with E-state index in [1.54, 1.807) is 55.5 Å². The minimum absolute atomic E-state index is 0.470. The van der Waals surface area contributed by atoms with Crippen molar-refractivity contribution in [2.24, 2.45) is 5.10 Å². The summed E-state index contributed by atoms with van der Waals surface area (Å²) >= 11 is 0. The summed E-state index contributed by atoms with van der Waals surface area (Å²) in [5.74, 6) is 0.149. The Morgan fingerprint density at radius 3 is 1.93 bits per heavy atom. The molecule has 0 aliphatic rings. The Kier molecular flexibility index (Phi) is 6.42. The van der Waals surface area contributed by atoms with E-state index in [0.717, 1.165) is 11.3 Å². The Morgan fingerprint density at radius 1 is 0.931 bits per heavy atom. The zero-order valence-electron chi connectivity index (χ0n) is 16.5. The van der Waals surface area contributed by atoms with Crippen LogP contribution in [0.5, 0.6) is 5.75 Å². The van der Waals surface area contributed by atoms with Gasteiger partial charge in [0.25, 0.3) is 5.91 Å². The molecule has 0 aliphatic heterocycles. The number of benzene rings is 3. The van der Waals surface area contributed by atoms with E-state index in [4.69, 9.17) is 4.74 Å². The van der Waals surface area contributed by atoms with Crippen molar-refractivity contribution < 1.29 is 14.6 Å². The molecule has 5 nitrogen and oxygen atoms in total. The Bertz CT molecular complexity index is 929. The fraction of sp³-hybridized carbons (Fsp3) is 0.167. The minimum atomic E-state index is -1.86. The van der Waals surface area contributed by atoms with E-state index < -0.39 is 11.5 Å². The smallest absolute Gasteiger partial charge is 0.281 e. The van der Waals surface area contributed by atoms with Gasteiger partial charge in [-0.1, -0.05) is 60.7 Å². The maximum absolute atomic E-state index is 13.1. The first-order valence-corrected chi connectivity index (χ1v) is 9.47. The average molecular weight is 388 g/mol. The van der Waals surface area contributed by atoms with E-state index in [1.807, 2.05) is 43.3 Å². The molecular weight excluding hydrogens is 364 g/mol. The number of ether oxygens (including phenoxy) is 1. The molecule has 0 bridgehead atoms. The van der Waals surface area contributed by atoms with Gasteiger partial charge in [0.2, 0.25) is 0 Å². The summed E-state index contributed by atoms with van der Waals surface area (Å²) in [6, 6.07) is 25.1. The van der Waals surface area contributed by atoms with Crippen molar-refractivity contribution in [3.63, 3.8) is 0 Å². The van der Waals surface area contributed by atoms with Crippen molar-refractivity contribution in [1.29, 1.82) is 0 Å². The molecule has 3 rings (SSSR count). The van der Waals surface area contributed by atoms with Crippen LogP contribution in [-0.4, -0.2) is 23.3 Å². The lowest BCUT2D eigenvalue weighted by atomic mass is 9.85. The van der Waals surface area contributed by atoms with Crippen LogP contribution in [-0.2, 0) is 10.4 Å². The third-order valence-corrected chi connectivity index (χ3v) is 4.62. The molecule has 148 valence electrons. The van der Waals surface area contributed by atoms with Gasteiger partial charge < -0.3 is 9.84 Å². The first-order chi connectivity index (χ1) is 14.1. The molecular formula is C24H24N2O3. The van der Waals surface area contributed by atoms with E-state index in [0.29, 0.717) is 23.4 Å². The lowest BCUT2D eigenvalue weighted by Crippen LogP contribution is -2.43. The summed E-state index contributed by atoms with van der Waals surface area (Å²) in [6.07, 6.45) is 0. The number of carbonyl (C=O) groups excluding carboxylic acids is 1. The van der Waals surface area contributed by atoms with Crippen molar-refractivity contribution in [2.75, 3.05) is 6.61 Å². The van der Waals surface area contributed by atoms with Crippen LogP contribution in [0.4, 0.5) is 0 Å². The number of hydrogen-bond donors (Lipinski definition) is 2. The van der Waals surface area contributed by atoms with Crippen LogP contribution in [0.25, 0.3) is 0 Å². The second-order valence-corrected chi connectivity index (χ2v) is 6.54. The molecule has 0 saturated heterocycles. The van der Waals surface area contributed by atoms with Gasteiger partial charge >= 0.3 is 0 Å². The van der Waals surface area contributed by atoms with E-state index in [-0.39, 0.29) is 0 Å². The van der Waals surface area contributed by atoms with Crippen molar-refractivity contribution in [3.8, 4) is 5.75 Å². The van der Waals surface area contributed by atoms with Crippen molar-refractivity contribution in [3.05, 3.63) is 102 Å². The van der Waals surface area contributed by atoms with Crippen LogP contribution in [0, 0.1) is 0 Å². The summed E-state index contributed by atoms with van der Waals surface area (Å²) in [4.78, 5) is 13.1. The molecule has 0 fully saturated rings.